The Morgan fingerprint density at radius 1 is 1.54 bits per heavy atom. The fraction of sp³-hybridized carbons (Fsp3) is 0.889. The van der Waals surface area contributed by atoms with E-state index in [0.717, 1.165) is 19.5 Å². The van der Waals surface area contributed by atoms with Gasteiger partial charge in [0, 0.05) is 26.7 Å². The van der Waals surface area contributed by atoms with E-state index in [1.54, 1.807) is 19.0 Å². The molecule has 0 radical (unpaired) electrons. The van der Waals surface area contributed by atoms with Crippen molar-refractivity contribution >= 4 is 6.03 Å². The second-order valence-corrected chi connectivity index (χ2v) is 3.95. The second-order valence-electron chi connectivity index (χ2n) is 3.95. The summed E-state index contributed by atoms with van der Waals surface area (Å²) in [4.78, 5) is 15.1. The summed E-state index contributed by atoms with van der Waals surface area (Å²) in [5, 5.41) is 2.99. The van der Waals surface area contributed by atoms with E-state index in [0.29, 0.717) is 6.04 Å². The van der Waals surface area contributed by atoms with Gasteiger partial charge in [-0.1, -0.05) is 0 Å². The van der Waals surface area contributed by atoms with Crippen molar-refractivity contribution in [2.75, 3.05) is 34.2 Å². The minimum Gasteiger partial charge on any atom is -0.334 e. The first kappa shape index (κ1) is 10.3. The van der Waals surface area contributed by atoms with E-state index in [1.165, 1.54) is 6.42 Å². The van der Waals surface area contributed by atoms with Crippen molar-refractivity contribution in [1.29, 1.82) is 0 Å². The van der Waals surface area contributed by atoms with Crippen molar-refractivity contribution in [2.24, 2.45) is 0 Å². The number of piperidine rings is 1. The van der Waals surface area contributed by atoms with Gasteiger partial charge in [0.2, 0.25) is 0 Å². The van der Waals surface area contributed by atoms with Crippen molar-refractivity contribution in [3.8, 4) is 0 Å². The fourth-order valence-corrected chi connectivity index (χ4v) is 1.59. The maximum atomic E-state index is 11.3. The molecule has 0 aromatic heterocycles. The molecule has 0 aliphatic carbocycles. The Balaban J connectivity index is 2.31. The van der Waals surface area contributed by atoms with Gasteiger partial charge in [-0.3, -0.25) is 0 Å². The van der Waals surface area contributed by atoms with Crippen LogP contribution in [-0.4, -0.2) is 56.1 Å². The van der Waals surface area contributed by atoms with Crippen LogP contribution in [0.15, 0.2) is 0 Å². The van der Waals surface area contributed by atoms with Gasteiger partial charge in [0.05, 0.1) is 0 Å². The molecule has 1 fully saturated rings. The van der Waals surface area contributed by atoms with Gasteiger partial charge in [-0.15, -0.1) is 0 Å². The van der Waals surface area contributed by atoms with E-state index < -0.39 is 0 Å². The van der Waals surface area contributed by atoms with E-state index in [4.69, 9.17) is 0 Å². The molecule has 76 valence electrons. The molecule has 1 N–H and O–H groups in total. The smallest absolute Gasteiger partial charge is 0.317 e. The summed E-state index contributed by atoms with van der Waals surface area (Å²) in [5.74, 6) is 0. The van der Waals surface area contributed by atoms with Crippen LogP contribution in [0, 0.1) is 0 Å². The number of carbonyl (C=O) groups is 1. The predicted octanol–water partition coefficient (Wildman–Crippen LogP) is 0.352. The largest absolute Gasteiger partial charge is 0.334 e. The maximum Gasteiger partial charge on any atom is 0.317 e. The number of likely N-dealkylation sites (N-methyl/N-ethyl adjacent to an activating group) is 1. The van der Waals surface area contributed by atoms with Crippen molar-refractivity contribution in [2.45, 2.75) is 18.9 Å². The molecular formula is C9H19N3O. The topological polar surface area (TPSA) is 35.6 Å². The summed E-state index contributed by atoms with van der Waals surface area (Å²) in [5.41, 5.74) is 0. The molecule has 13 heavy (non-hydrogen) atoms. The van der Waals surface area contributed by atoms with Crippen molar-refractivity contribution in [1.82, 2.24) is 15.1 Å². The molecule has 1 aliphatic heterocycles. The van der Waals surface area contributed by atoms with Gasteiger partial charge in [0.1, 0.15) is 0 Å². The Morgan fingerprint density at radius 3 is 2.77 bits per heavy atom. The van der Waals surface area contributed by atoms with Gasteiger partial charge in [-0.05, 0) is 26.4 Å². The molecule has 2 amide bonds. The van der Waals surface area contributed by atoms with Gasteiger partial charge < -0.3 is 15.1 Å². The number of hydrogen-bond acceptors (Lipinski definition) is 2. The number of likely N-dealkylation sites (tertiary alicyclic amines) is 1. The highest BCUT2D eigenvalue weighted by atomic mass is 16.2. The Kier molecular flexibility index (Phi) is 3.54. The fourth-order valence-electron chi connectivity index (χ4n) is 1.59. The molecule has 1 atom stereocenters. The summed E-state index contributed by atoms with van der Waals surface area (Å²) < 4.78 is 0. The molecular weight excluding hydrogens is 166 g/mol. The number of rotatable bonds is 1. The van der Waals surface area contributed by atoms with Crippen LogP contribution >= 0.6 is 0 Å². The Morgan fingerprint density at radius 2 is 2.23 bits per heavy atom. The van der Waals surface area contributed by atoms with Crippen LogP contribution in [0.25, 0.3) is 0 Å². The highest BCUT2D eigenvalue weighted by Gasteiger charge is 2.19. The molecule has 1 unspecified atom stereocenters. The quantitative estimate of drug-likeness (QED) is 0.640. The number of carbonyl (C=O) groups excluding carboxylic acids is 1. The number of urea groups is 1. The minimum atomic E-state index is 0.0142. The first-order chi connectivity index (χ1) is 6.09. The lowest BCUT2D eigenvalue weighted by atomic mass is 10.1. The van der Waals surface area contributed by atoms with Gasteiger partial charge in [-0.2, -0.15) is 0 Å². The molecule has 0 spiro atoms. The lowest BCUT2D eigenvalue weighted by Gasteiger charge is -2.30. The van der Waals surface area contributed by atoms with E-state index in [-0.39, 0.29) is 6.03 Å². The molecule has 1 aliphatic rings. The van der Waals surface area contributed by atoms with Crippen LogP contribution in [0.1, 0.15) is 12.8 Å². The molecule has 0 saturated carbocycles. The van der Waals surface area contributed by atoms with Crippen molar-refractivity contribution < 1.29 is 4.79 Å². The number of hydrogen-bond donors (Lipinski definition) is 1. The average Bonchev–Trinajstić information content (AvgIpc) is 2.04. The zero-order chi connectivity index (χ0) is 9.84. The van der Waals surface area contributed by atoms with Crippen molar-refractivity contribution in [3.05, 3.63) is 0 Å². The summed E-state index contributed by atoms with van der Waals surface area (Å²) in [6.07, 6.45) is 2.28. The zero-order valence-corrected chi connectivity index (χ0v) is 8.71. The van der Waals surface area contributed by atoms with Gasteiger partial charge in [0.25, 0.3) is 0 Å². The highest BCUT2D eigenvalue weighted by molar-refractivity contribution is 5.73. The SMILES string of the molecule is CN1CCCC(NC(=O)N(C)C)C1. The lowest BCUT2D eigenvalue weighted by molar-refractivity contribution is 0.192. The van der Waals surface area contributed by atoms with Crippen LogP contribution < -0.4 is 5.32 Å². The molecule has 0 bridgehead atoms. The van der Waals surface area contributed by atoms with Crippen LogP contribution in [0.2, 0.25) is 0 Å². The molecule has 4 nitrogen and oxygen atoms in total. The minimum absolute atomic E-state index is 0.0142. The predicted molar refractivity (Wildman–Crippen MR) is 52.7 cm³/mol. The third-order valence-corrected chi connectivity index (χ3v) is 2.36. The zero-order valence-electron chi connectivity index (χ0n) is 8.71. The Hall–Kier alpha value is -0.770. The molecule has 1 rings (SSSR count). The second kappa shape index (κ2) is 4.46. The molecule has 4 heteroatoms. The highest BCUT2D eigenvalue weighted by Crippen LogP contribution is 2.07. The molecule has 0 aromatic carbocycles. The van der Waals surface area contributed by atoms with Crippen LogP contribution in [0.4, 0.5) is 4.79 Å². The van der Waals surface area contributed by atoms with E-state index in [1.807, 2.05) is 0 Å². The summed E-state index contributed by atoms with van der Waals surface area (Å²) in [6.45, 7) is 2.12. The van der Waals surface area contributed by atoms with E-state index in [9.17, 15) is 4.79 Å². The number of nitrogens with one attached hydrogen (secondary N) is 1. The maximum absolute atomic E-state index is 11.3. The van der Waals surface area contributed by atoms with Crippen molar-refractivity contribution in [3.63, 3.8) is 0 Å². The first-order valence-corrected chi connectivity index (χ1v) is 4.76. The monoisotopic (exact) mass is 185 g/mol. The third-order valence-electron chi connectivity index (χ3n) is 2.36. The number of amides is 2. The summed E-state index contributed by atoms with van der Waals surface area (Å²) >= 11 is 0. The molecule has 0 aromatic rings. The first-order valence-electron chi connectivity index (χ1n) is 4.76. The van der Waals surface area contributed by atoms with Crippen LogP contribution in [0.5, 0.6) is 0 Å². The molecule has 1 heterocycles. The third kappa shape index (κ3) is 3.22. The van der Waals surface area contributed by atoms with E-state index in [2.05, 4.69) is 17.3 Å². The number of nitrogens with zero attached hydrogens (tertiary/aromatic N) is 2. The summed E-state index contributed by atoms with van der Waals surface area (Å²) in [6, 6.07) is 0.342. The van der Waals surface area contributed by atoms with Gasteiger partial charge >= 0.3 is 6.03 Å². The lowest BCUT2D eigenvalue weighted by Crippen LogP contribution is -2.49. The normalized spacial score (nSPS) is 24.1. The van der Waals surface area contributed by atoms with Crippen LogP contribution in [0.3, 0.4) is 0 Å². The Bertz CT molecular complexity index is 182. The average molecular weight is 185 g/mol. The summed E-state index contributed by atoms with van der Waals surface area (Å²) in [7, 11) is 5.62. The Labute approximate surface area is 79.9 Å². The van der Waals surface area contributed by atoms with Gasteiger partial charge in [-0.25, -0.2) is 4.79 Å². The standard InChI is InChI=1S/C9H19N3O/c1-11(2)9(13)10-8-5-4-6-12(3)7-8/h8H,4-7H2,1-3H3,(H,10,13). The molecule has 1 saturated heterocycles. The van der Waals surface area contributed by atoms with Gasteiger partial charge in [0.15, 0.2) is 0 Å². The van der Waals surface area contributed by atoms with E-state index >= 15 is 0 Å². The van der Waals surface area contributed by atoms with Crippen LogP contribution in [-0.2, 0) is 0 Å².